The van der Waals surface area contributed by atoms with E-state index in [4.69, 9.17) is 0 Å². The molecular formula is C19H25ClN2O2S. The van der Waals surface area contributed by atoms with Gasteiger partial charge in [0.2, 0.25) is 10.0 Å². The van der Waals surface area contributed by atoms with E-state index in [2.05, 4.69) is 36.5 Å². The molecule has 0 amide bonds. The van der Waals surface area contributed by atoms with Crippen molar-refractivity contribution in [3.05, 3.63) is 71.3 Å². The molecule has 6 heteroatoms. The Bertz CT molecular complexity index is 764. The Hall–Kier alpha value is -1.40. The zero-order chi connectivity index (χ0) is 17.0. The predicted octanol–water partition coefficient (Wildman–Crippen LogP) is 3.15. The smallest absolute Gasteiger partial charge is 0.218 e. The van der Waals surface area contributed by atoms with Crippen molar-refractivity contribution in [2.24, 2.45) is 0 Å². The van der Waals surface area contributed by atoms with Crippen molar-refractivity contribution in [2.75, 3.05) is 19.6 Å². The number of piperazine rings is 1. The van der Waals surface area contributed by atoms with Gasteiger partial charge in [0, 0.05) is 19.6 Å². The van der Waals surface area contributed by atoms with Crippen molar-refractivity contribution in [2.45, 2.75) is 25.1 Å². The van der Waals surface area contributed by atoms with Crippen molar-refractivity contribution in [3.8, 4) is 0 Å². The van der Waals surface area contributed by atoms with Crippen LogP contribution in [0, 0.1) is 0 Å². The third kappa shape index (κ3) is 4.82. The summed E-state index contributed by atoms with van der Waals surface area (Å²) in [5.74, 6) is 0.0530. The van der Waals surface area contributed by atoms with Crippen LogP contribution in [0.5, 0.6) is 0 Å². The lowest BCUT2D eigenvalue weighted by atomic mass is 10.0. The van der Waals surface area contributed by atoms with Gasteiger partial charge in [0.1, 0.15) is 0 Å². The molecule has 1 fully saturated rings. The van der Waals surface area contributed by atoms with Crippen LogP contribution in [0.1, 0.15) is 29.7 Å². The summed E-state index contributed by atoms with van der Waals surface area (Å²) in [6.07, 6.45) is 0.985. The second kappa shape index (κ2) is 8.81. The lowest BCUT2D eigenvalue weighted by Gasteiger charge is -2.35. The minimum absolute atomic E-state index is 0. The number of hydrogen-bond donors (Lipinski definition) is 1. The van der Waals surface area contributed by atoms with Gasteiger partial charge in [0.25, 0.3) is 0 Å². The molecular weight excluding hydrogens is 356 g/mol. The highest BCUT2D eigenvalue weighted by Gasteiger charge is 2.33. The maximum Gasteiger partial charge on any atom is 0.218 e. The Kier molecular flexibility index (Phi) is 7.02. The van der Waals surface area contributed by atoms with E-state index in [0.29, 0.717) is 19.6 Å². The Morgan fingerprint density at radius 1 is 1.04 bits per heavy atom. The molecule has 3 rings (SSSR count). The van der Waals surface area contributed by atoms with Crippen molar-refractivity contribution >= 4 is 22.4 Å². The highest BCUT2D eigenvalue weighted by atomic mass is 35.5. The zero-order valence-corrected chi connectivity index (χ0v) is 16.0. The van der Waals surface area contributed by atoms with E-state index in [-0.39, 0.29) is 24.2 Å². The Balaban J connectivity index is 0.00000225. The van der Waals surface area contributed by atoms with Crippen molar-refractivity contribution in [1.29, 1.82) is 0 Å². The van der Waals surface area contributed by atoms with Gasteiger partial charge >= 0.3 is 0 Å². The molecule has 25 heavy (non-hydrogen) atoms. The number of benzene rings is 2. The highest BCUT2D eigenvalue weighted by molar-refractivity contribution is 7.88. The normalized spacial score (nSPS) is 18.5. The second-order valence-corrected chi connectivity index (χ2v) is 8.09. The van der Waals surface area contributed by atoms with Crippen LogP contribution in [0.2, 0.25) is 0 Å². The molecule has 0 aliphatic carbocycles. The van der Waals surface area contributed by atoms with E-state index in [9.17, 15) is 8.42 Å². The first-order valence-corrected chi connectivity index (χ1v) is 10.0. The number of aryl methyl sites for hydroxylation is 1. The summed E-state index contributed by atoms with van der Waals surface area (Å²) in [5.41, 5.74) is 3.15. The first-order valence-electron chi connectivity index (χ1n) is 8.43. The van der Waals surface area contributed by atoms with Gasteiger partial charge in [0.05, 0.1) is 11.8 Å². The van der Waals surface area contributed by atoms with Gasteiger partial charge in [0.15, 0.2) is 0 Å². The van der Waals surface area contributed by atoms with E-state index in [0.717, 1.165) is 17.5 Å². The van der Waals surface area contributed by atoms with Crippen molar-refractivity contribution < 1.29 is 8.42 Å². The summed E-state index contributed by atoms with van der Waals surface area (Å²) in [6.45, 7) is 3.97. The number of halogens is 1. The quantitative estimate of drug-likeness (QED) is 0.866. The monoisotopic (exact) mass is 380 g/mol. The molecule has 0 radical (unpaired) electrons. The van der Waals surface area contributed by atoms with Gasteiger partial charge in [-0.25, -0.2) is 8.42 Å². The third-order valence-electron chi connectivity index (χ3n) is 4.52. The second-order valence-electron chi connectivity index (χ2n) is 6.17. The summed E-state index contributed by atoms with van der Waals surface area (Å²) in [4.78, 5) is 0. The van der Waals surface area contributed by atoms with E-state index < -0.39 is 10.0 Å². The topological polar surface area (TPSA) is 49.4 Å². The van der Waals surface area contributed by atoms with Crippen molar-refractivity contribution in [1.82, 2.24) is 9.62 Å². The average Bonchev–Trinajstić information content (AvgIpc) is 2.62. The molecule has 0 spiro atoms. The summed E-state index contributed by atoms with van der Waals surface area (Å²) in [5, 5.41) is 3.32. The van der Waals surface area contributed by atoms with Gasteiger partial charge < -0.3 is 5.32 Å². The number of nitrogens with zero attached hydrogens (tertiary/aromatic N) is 1. The Morgan fingerprint density at radius 3 is 2.36 bits per heavy atom. The van der Waals surface area contributed by atoms with Gasteiger partial charge in [-0.2, -0.15) is 4.31 Å². The fraction of sp³-hybridized carbons (Fsp3) is 0.368. The van der Waals surface area contributed by atoms with Crippen molar-refractivity contribution in [3.63, 3.8) is 0 Å². The van der Waals surface area contributed by atoms with Crippen LogP contribution in [0.25, 0.3) is 0 Å². The molecule has 1 saturated heterocycles. The first kappa shape index (κ1) is 19.9. The van der Waals surface area contributed by atoms with E-state index in [1.807, 2.05) is 30.3 Å². The van der Waals surface area contributed by atoms with Crippen LogP contribution in [0.3, 0.4) is 0 Å². The maximum absolute atomic E-state index is 13.0. The Labute approximate surface area is 156 Å². The fourth-order valence-corrected chi connectivity index (χ4v) is 4.88. The minimum Gasteiger partial charge on any atom is -0.313 e. The molecule has 136 valence electrons. The summed E-state index contributed by atoms with van der Waals surface area (Å²) >= 11 is 0. The number of rotatable bonds is 5. The molecule has 1 atom stereocenters. The zero-order valence-electron chi connectivity index (χ0n) is 14.4. The van der Waals surface area contributed by atoms with Crippen LogP contribution >= 0.6 is 12.4 Å². The average molecular weight is 381 g/mol. The SMILES string of the molecule is CCc1ccc(C2CNCCN2S(=O)(=O)Cc2ccccc2)cc1.Cl. The largest absolute Gasteiger partial charge is 0.313 e. The molecule has 1 unspecified atom stereocenters. The van der Waals surface area contributed by atoms with Gasteiger partial charge in [-0.05, 0) is 23.1 Å². The number of hydrogen-bond acceptors (Lipinski definition) is 3. The molecule has 4 nitrogen and oxygen atoms in total. The summed E-state index contributed by atoms with van der Waals surface area (Å²) in [6, 6.07) is 17.5. The van der Waals surface area contributed by atoms with Crippen LogP contribution in [-0.4, -0.2) is 32.4 Å². The summed E-state index contributed by atoms with van der Waals surface area (Å²) in [7, 11) is -3.36. The lowest BCUT2D eigenvalue weighted by molar-refractivity contribution is 0.271. The molecule has 2 aromatic carbocycles. The van der Waals surface area contributed by atoms with E-state index in [1.165, 1.54) is 5.56 Å². The molecule has 1 heterocycles. The minimum atomic E-state index is -3.36. The van der Waals surface area contributed by atoms with Gasteiger partial charge in [-0.1, -0.05) is 61.5 Å². The highest BCUT2D eigenvalue weighted by Crippen LogP contribution is 2.27. The van der Waals surface area contributed by atoms with Gasteiger partial charge in [-0.3, -0.25) is 0 Å². The Morgan fingerprint density at radius 2 is 1.72 bits per heavy atom. The molecule has 1 aliphatic rings. The number of nitrogens with one attached hydrogen (secondary N) is 1. The molecule has 0 aromatic heterocycles. The number of sulfonamides is 1. The molecule has 2 aromatic rings. The standard InChI is InChI=1S/C19H24N2O2S.ClH/c1-2-16-8-10-18(11-9-16)19-14-20-12-13-21(19)24(22,23)15-17-6-4-3-5-7-17;/h3-11,19-20H,2,12-15H2,1H3;1H. The maximum atomic E-state index is 13.0. The summed E-state index contributed by atoms with van der Waals surface area (Å²) < 4.78 is 27.6. The third-order valence-corrected chi connectivity index (χ3v) is 6.37. The molecule has 1 aliphatic heterocycles. The van der Waals surface area contributed by atoms with Crippen LogP contribution in [-0.2, 0) is 22.2 Å². The van der Waals surface area contributed by atoms with E-state index in [1.54, 1.807) is 4.31 Å². The first-order chi connectivity index (χ1) is 11.6. The predicted molar refractivity (Wildman–Crippen MR) is 104 cm³/mol. The molecule has 1 N–H and O–H groups in total. The molecule has 0 bridgehead atoms. The molecule has 0 saturated carbocycles. The lowest BCUT2D eigenvalue weighted by Crippen LogP contribution is -2.48. The van der Waals surface area contributed by atoms with Crippen LogP contribution in [0.15, 0.2) is 54.6 Å². The van der Waals surface area contributed by atoms with Crippen LogP contribution < -0.4 is 5.32 Å². The van der Waals surface area contributed by atoms with Gasteiger partial charge in [-0.15, -0.1) is 12.4 Å². The van der Waals surface area contributed by atoms with E-state index >= 15 is 0 Å². The van der Waals surface area contributed by atoms with Crippen LogP contribution in [0.4, 0.5) is 0 Å². The fourth-order valence-electron chi connectivity index (χ4n) is 3.15.